The van der Waals surface area contributed by atoms with E-state index in [1.807, 2.05) is 0 Å². The molecule has 0 saturated carbocycles. The van der Waals surface area contributed by atoms with Crippen LogP contribution in [0, 0.1) is 18.6 Å². The lowest BCUT2D eigenvalue weighted by atomic mass is 9.92. The molecule has 2 rings (SSSR count). The van der Waals surface area contributed by atoms with Crippen molar-refractivity contribution >= 4 is 17.2 Å². The third-order valence-electron chi connectivity index (χ3n) is 2.91. The second-order valence-electron chi connectivity index (χ2n) is 4.15. The Kier molecular flexibility index (Phi) is 3.29. The quantitative estimate of drug-likeness (QED) is 0.639. The Bertz CT molecular complexity index is 438. The van der Waals surface area contributed by atoms with Crippen molar-refractivity contribution in [2.45, 2.75) is 31.6 Å². The molecule has 1 unspecified atom stereocenters. The standard InChI is InChI=1S/C13H13ClF2/c1-8-5-6-11(15)12(13(8)16)9-3-2-4-10(14)7-9/h5-7,10H,2-4H2,1H3. The number of alkyl halides is 1. The van der Waals surface area contributed by atoms with Crippen molar-refractivity contribution in [3.8, 4) is 0 Å². The number of halogens is 3. The topological polar surface area (TPSA) is 0 Å². The zero-order valence-electron chi connectivity index (χ0n) is 9.06. The first-order valence-electron chi connectivity index (χ1n) is 5.39. The maximum atomic E-state index is 13.9. The fraction of sp³-hybridized carbons (Fsp3) is 0.385. The van der Waals surface area contributed by atoms with Gasteiger partial charge in [-0.2, -0.15) is 0 Å². The lowest BCUT2D eigenvalue weighted by Crippen LogP contribution is -2.06. The molecule has 3 heteroatoms. The Hall–Kier alpha value is -0.890. The normalized spacial score (nSPS) is 20.8. The van der Waals surface area contributed by atoms with Gasteiger partial charge in [0, 0.05) is 5.56 Å². The van der Waals surface area contributed by atoms with Gasteiger partial charge in [-0.15, -0.1) is 11.6 Å². The molecule has 0 amide bonds. The second-order valence-corrected chi connectivity index (χ2v) is 4.71. The highest BCUT2D eigenvalue weighted by Gasteiger charge is 2.19. The van der Waals surface area contributed by atoms with Gasteiger partial charge in [-0.3, -0.25) is 0 Å². The predicted octanol–water partition coefficient (Wildman–Crippen LogP) is 4.45. The van der Waals surface area contributed by atoms with Crippen LogP contribution in [0.15, 0.2) is 18.2 Å². The highest BCUT2D eigenvalue weighted by Crippen LogP contribution is 2.33. The van der Waals surface area contributed by atoms with E-state index in [1.165, 1.54) is 12.1 Å². The molecule has 1 aliphatic carbocycles. The zero-order chi connectivity index (χ0) is 11.7. The summed E-state index contributed by atoms with van der Waals surface area (Å²) >= 11 is 5.98. The maximum Gasteiger partial charge on any atom is 0.136 e. The van der Waals surface area contributed by atoms with Gasteiger partial charge in [0.05, 0.1) is 5.38 Å². The molecule has 1 aromatic rings. The number of rotatable bonds is 1. The van der Waals surface area contributed by atoms with E-state index in [4.69, 9.17) is 11.6 Å². The van der Waals surface area contributed by atoms with Gasteiger partial charge in [-0.05, 0) is 43.4 Å². The molecule has 0 nitrogen and oxygen atoms in total. The van der Waals surface area contributed by atoms with Gasteiger partial charge in [0.1, 0.15) is 11.6 Å². The van der Waals surface area contributed by atoms with Gasteiger partial charge in [0.2, 0.25) is 0 Å². The van der Waals surface area contributed by atoms with Crippen molar-refractivity contribution in [3.05, 3.63) is 41.0 Å². The van der Waals surface area contributed by atoms with E-state index in [0.29, 0.717) is 17.6 Å². The highest BCUT2D eigenvalue weighted by atomic mass is 35.5. The minimum absolute atomic E-state index is 0.102. The van der Waals surface area contributed by atoms with Crippen molar-refractivity contribution in [3.63, 3.8) is 0 Å². The number of allylic oxidation sites excluding steroid dienone is 2. The largest absolute Gasteiger partial charge is 0.206 e. The number of benzene rings is 1. The summed E-state index contributed by atoms with van der Waals surface area (Å²) in [6, 6.07) is 2.77. The van der Waals surface area contributed by atoms with Crippen LogP contribution in [0.5, 0.6) is 0 Å². The molecule has 1 aliphatic rings. The summed E-state index contributed by atoms with van der Waals surface area (Å²) in [6.45, 7) is 1.64. The van der Waals surface area contributed by atoms with Gasteiger partial charge in [-0.25, -0.2) is 8.78 Å². The van der Waals surface area contributed by atoms with Gasteiger partial charge < -0.3 is 0 Å². The third kappa shape index (κ3) is 2.12. The minimum Gasteiger partial charge on any atom is -0.206 e. The maximum absolute atomic E-state index is 13.9. The molecule has 0 spiro atoms. The van der Waals surface area contributed by atoms with Crippen LogP contribution in [0.25, 0.3) is 5.57 Å². The molecular weight excluding hydrogens is 230 g/mol. The molecule has 0 saturated heterocycles. The SMILES string of the molecule is Cc1ccc(F)c(C2=CC(Cl)CCC2)c1F. The molecule has 0 fully saturated rings. The molecule has 0 N–H and O–H groups in total. The van der Waals surface area contributed by atoms with Crippen LogP contribution >= 0.6 is 11.6 Å². The molecule has 16 heavy (non-hydrogen) atoms. The Morgan fingerprint density at radius 2 is 2.06 bits per heavy atom. The van der Waals surface area contributed by atoms with Crippen LogP contribution in [0.4, 0.5) is 8.78 Å². The molecule has 0 heterocycles. The van der Waals surface area contributed by atoms with Crippen molar-refractivity contribution in [2.24, 2.45) is 0 Å². The van der Waals surface area contributed by atoms with Crippen LogP contribution < -0.4 is 0 Å². The summed E-state index contributed by atoms with van der Waals surface area (Å²) in [5.74, 6) is -0.961. The summed E-state index contributed by atoms with van der Waals surface area (Å²) in [6.07, 6.45) is 4.22. The van der Waals surface area contributed by atoms with Crippen molar-refractivity contribution < 1.29 is 8.78 Å². The van der Waals surface area contributed by atoms with E-state index in [-0.39, 0.29) is 10.9 Å². The fourth-order valence-electron chi connectivity index (χ4n) is 2.03. The molecule has 0 aliphatic heterocycles. The zero-order valence-corrected chi connectivity index (χ0v) is 9.82. The third-order valence-corrected chi connectivity index (χ3v) is 3.26. The van der Waals surface area contributed by atoms with E-state index < -0.39 is 11.6 Å². The minimum atomic E-state index is -0.500. The average molecular weight is 243 g/mol. The monoisotopic (exact) mass is 242 g/mol. The van der Waals surface area contributed by atoms with E-state index in [1.54, 1.807) is 13.0 Å². The summed E-state index contributed by atoms with van der Waals surface area (Å²) in [7, 11) is 0. The lowest BCUT2D eigenvalue weighted by Gasteiger charge is -2.18. The molecule has 86 valence electrons. The molecule has 0 aromatic heterocycles. The first-order valence-corrected chi connectivity index (χ1v) is 5.83. The Labute approximate surface area is 98.9 Å². The van der Waals surface area contributed by atoms with Crippen LogP contribution in [0.1, 0.15) is 30.4 Å². The van der Waals surface area contributed by atoms with Gasteiger partial charge in [0.15, 0.2) is 0 Å². The highest BCUT2D eigenvalue weighted by molar-refractivity contribution is 6.22. The first-order chi connectivity index (χ1) is 7.59. The lowest BCUT2D eigenvalue weighted by molar-refractivity contribution is 0.567. The number of hydrogen-bond acceptors (Lipinski definition) is 0. The fourth-order valence-corrected chi connectivity index (χ4v) is 2.34. The Balaban J connectivity index is 2.51. The van der Waals surface area contributed by atoms with Gasteiger partial charge >= 0.3 is 0 Å². The van der Waals surface area contributed by atoms with Crippen LogP contribution in [0.3, 0.4) is 0 Å². The summed E-state index contributed by atoms with van der Waals surface area (Å²) in [5, 5.41) is -0.108. The van der Waals surface area contributed by atoms with E-state index in [9.17, 15) is 8.78 Å². The van der Waals surface area contributed by atoms with E-state index in [2.05, 4.69) is 0 Å². The number of hydrogen-bond donors (Lipinski definition) is 0. The van der Waals surface area contributed by atoms with E-state index in [0.717, 1.165) is 12.8 Å². The smallest absolute Gasteiger partial charge is 0.136 e. The number of aryl methyl sites for hydroxylation is 1. The molecular formula is C13H13ClF2. The van der Waals surface area contributed by atoms with E-state index >= 15 is 0 Å². The van der Waals surface area contributed by atoms with Gasteiger partial charge in [0.25, 0.3) is 0 Å². The van der Waals surface area contributed by atoms with Gasteiger partial charge in [-0.1, -0.05) is 12.1 Å². The average Bonchev–Trinajstić information content (AvgIpc) is 2.24. The van der Waals surface area contributed by atoms with Crippen LogP contribution in [-0.4, -0.2) is 5.38 Å². The Morgan fingerprint density at radius 3 is 2.75 bits per heavy atom. The summed E-state index contributed by atoms with van der Waals surface area (Å²) < 4.78 is 27.5. The molecule has 0 radical (unpaired) electrons. The summed E-state index contributed by atoms with van der Waals surface area (Å²) in [5.41, 5.74) is 1.27. The second kappa shape index (κ2) is 4.54. The van der Waals surface area contributed by atoms with Crippen molar-refractivity contribution in [1.29, 1.82) is 0 Å². The first kappa shape index (κ1) is 11.6. The van der Waals surface area contributed by atoms with Crippen molar-refractivity contribution in [1.82, 2.24) is 0 Å². The van der Waals surface area contributed by atoms with Crippen LogP contribution in [-0.2, 0) is 0 Å². The molecule has 0 bridgehead atoms. The molecule has 1 aromatic carbocycles. The van der Waals surface area contributed by atoms with Crippen LogP contribution in [0.2, 0.25) is 0 Å². The Morgan fingerprint density at radius 1 is 1.31 bits per heavy atom. The van der Waals surface area contributed by atoms with Crippen molar-refractivity contribution in [2.75, 3.05) is 0 Å². The molecule has 1 atom stereocenters. The summed E-state index contributed by atoms with van der Waals surface area (Å²) in [4.78, 5) is 0. The predicted molar refractivity (Wildman–Crippen MR) is 62.6 cm³/mol.